The summed E-state index contributed by atoms with van der Waals surface area (Å²) in [5, 5.41) is 5.73. The Morgan fingerprint density at radius 2 is 2.25 bits per heavy atom. The number of Topliss-reactive ketones (excluding diaryl/α,β-unsaturated/α-hetero) is 1. The van der Waals surface area contributed by atoms with Crippen LogP contribution >= 0.6 is 27.3 Å². The van der Waals surface area contributed by atoms with Crippen LogP contribution in [0, 0.1) is 0 Å². The van der Waals surface area contributed by atoms with Crippen molar-refractivity contribution in [2.75, 3.05) is 10.6 Å². The number of amides is 1. The molecule has 0 aliphatic rings. The van der Waals surface area contributed by atoms with E-state index in [-0.39, 0.29) is 11.7 Å². The summed E-state index contributed by atoms with van der Waals surface area (Å²) in [6.07, 6.45) is 2.31. The fourth-order valence-electron chi connectivity index (χ4n) is 1.05. The van der Waals surface area contributed by atoms with Crippen molar-refractivity contribution in [3.63, 3.8) is 0 Å². The van der Waals surface area contributed by atoms with Gasteiger partial charge in [0.1, 0.15) is 5.69 Å². The number of alkyl halides is 1. The van der Waals surface area contributed by atoms with E-state index in [0.29, 0.717) is 17.2 Å². The highest BCUT2D eigenvalue weighted by atomic mass is 79.9. The Labute approximate surface area is 107 Å². The molecule has 0 aliphatic carbocycles. The Morgan fingerprint density at radius 3 is 2.81 bits per heavy atom. The zero-order valence-corrected chi connectivity index (χ0v) is 11.4. The summed E-state index contributed by atoms with van der Waals surface area (Å²) in [4.78, 5) is 26.4. The predicted octanol–water partition coefficient (Wildman–Crippen LogP) is 2.85. The smallest absolute Gasteiger partial charge is 0.226 e. The van der Waals surface area contributed by atoms with Crippen molar-refractivity contribution in [2.45, 2.75) is 26.2 Å². The number of carbonyl (C=O) groups is 2. The predicted molar refractivity (Wildman–Crippen MR) is 68.4 cm³/mol. The van der Waals surface area contributed by atoms with Crippen LogP contribution in [0.15, 0.2) is 5.38 Å². The normalized spacial score (nSPS) is 10.1. The van der Waals surface area contributed by atoms with Crippen LogP contribution in [0.5, 0.6) is 0 Å². The van der Waals surface area contributed by atoms with Crippen LogP contribution < -0.4 is 5.32 Å². The number of nitrogens with zero attached hydrogens (tertiary/aromatic N) is 1. The van der Waals surface area contributed by atoms with Gasteiger partial charge in [-0.2, -0.15) is 0 Å². The van der Waals surface area contributed by atoms with E-state index in [1.165, 1.54) is 18.3 Å². The molecule has 0 atom stereocenters. The van der Waals surface area contributed by atoms with Gasteiger partial charge in [0.05, 0.1) is 0 Å². The number of hydrogen-bond acceptors (Lipinski definition) is 4. The van der Waals surface area contributed by atoms with Crippen molar-refractivity contribution in [1.29, 1.82) is 0 Å². The third kappa shape index (κ3) is 4.40. The summed E-state index contributed by atoms with van der Waals surface area (Å²) in [6.45, 7) is 1.46. The van der Waals surface area contributed by atoms with Crippen LogP contribution in [-0.2, 0) is 4.79 Å². The van der Waals surface area contributed by atoms with Gasteiger partial charge >= 0.3 is 0 Å². The van der Waals surface area contributed by atoms with Crippen molar-refractivity contribution < 1.29 is 9.59 Å². The fraction of sp³-hybridized carbons (Fsp3) is 0.500. The van der Waals surface area contributed by atoms with Gasteiger partial charge in [-0.1, -0.05) is 15.9 Å². The molecule has 0 spiro atoms. The molecule has 4 nitrogen and oxygen atoms in total. The number of carbonyl (C=O) groups excluding carboxylic acids is 2. The Hall–Kier alpha value is -0.750. The zero-order valence-electron chi connectivity index (χ0n) is 8.96. The molecule has 0 fully saturated rings. The minimum absolute atomic E-state index is 0.0506. The molecule has 1 aromatic heterocycles. The third-order valence-corrected chi connectivity index (χ3v) is 3.22. The summed E-state index contributed by atoms with van der Waals surface area (Å²) in [7, 11) is 0. The zero-order chi connectivity index (χ0) is 12.0. The lowest BCUT2D eigenvalue weighted by Crippen LogP contribution is -2.11. The Kier molecular flexibility index (Phi) is 5.62. The van der Waals surface area contributed by atoms with Gasteiger partial charge in [0, 0.05) is 24.1 Å². The third-order valence-electron chi connectivity index (χ3n) is 1.90. The van der Waals surface area contributed by atoms with E-state index in [2.05, 4.69) is 26.2 Å². The van der Waals surface area contributed by atoms with E-state index in [0.717, 1.165) is 18.2 Å². The van der Waals surface area contributed by atoms with E-state index < -0.39 is 0 Å². The molecule has 0 aliphatic heterocycles. The molecule has 16 heavy (non-hydrogen) atoms. The first kappa shape index (κ1) is 13.3. The lowest BCUT2D eigenvalue weighted by atomic mass is 10.2. The molecule has 1 N–H and O–H groups in total. The average molecular weight is 305 g/mol. The Balaban J connectivity index is 2.40. The minimum atomic E-state index is -0.0870. The number of ketones is 1. The van der Waals surface area contributed by atoms with E-state index in [4.69, 9.17) is 0 Å². The number of thiazole rings is 1. The number of rotatable bonds is 6. The van der Waals surface area contributed by atoms with E-state index in [1.54, 1.807) is 5.38 Å². The first-order valence-electron chi connectivity index (χ1n) is 4.95. The highest BCUT2D eigenvalue weighted by Crippen LogP contribution is 2.16. The molecule has 0 saturated heterocycles. The number of hydrogen-bond donors (Lipinski definition) is 1. The SMILES string of the molecule is CC(=O)c1csc(NC(=O)CCCCBr)n1. The summed E-state index contributed by atoms with van der Waals surface area (Å²) < 4.78 is 0. The monoisotopic (exact) mass is 304 g/mol. The molecule has 0 unspecified atom stereocenters. The van der Waals surface area contributed by atoms with Crippen LogP contribution in [0.2, 0.25) is 0 Å². The van der Waals surface area contributed by atoms with Crippen LogP contribution in [0.3, 0.4) is 0 Å². The quantitative estimate of drug-likeness (QED) is 0.499. The summed E-state index contributed by atoms with van der Waals surface area (Å²) >= 11 is 4.58. The molecule has 0 radical (unpaired) electrons. The van der Waals surface area contributed by atoms with Gasteiger partial charge in [0.25, 0.3) is 0 Å². The topological polar surface area (TPSA) is 59.1 Å². The fourth-order valence-corrected chi connectivity index (χ4v) is 2.22. The maximum Gasteiger partial charge on any atom is 0.226 e. The van der Waals surface area contributed by atoms with E-state index in [1.807, 2.05) is 0 Å². The number of unbranched alkanes of at least 4 members (excludes halogenated alkanes) is 1. The number of nitrogens with one attached hydrogen (secondary N) is 1. The van der Waals surface area contributed by atoms with Gasteiger partial charge in [-0.15, -0.1) is 11.3 Å². The van der Waals surface area contributed by atoms with E-state index in [9.17, 15) is 9.59 Å². The molecular formula is C10H13BrN2O2S. The van der Waals surface area contributed by atoms with Crippen LogP contribution in [0.4, 0.5) is 5.13 Å². The first-order valence-corrected chi connectivity index (χ1v) is 6.96. The molecule has 0 saturated carbocycles. The highest BCUT2D eigenvalue weighted by Gasteiger charge is 2.08. The lowest BCUT2D eigenvalue weighted by molar-refractivity contribution is -0.116. The van der Waals surface area contributed by atoms with Gasteiger partial charge in [0.2, 0.25) is 5.91 Å². The lowest BCUT2D eigenvalue weighted by Gasteiger charge is -1.99. The molecule has 1 aromatic rings. The maximum absolute atomic E-state index is 11.4. The summed E-state index contributed by atoms with van der Waals surface area (Å²) in [5.41, 5.74) is 0.403. The first-order chi connectivity index (χ1) is 7.63. The summed E-state index contributed by atoms with van der Waals surface area (Å²) in [6, 6.07) is 0. The second-order valence-electron chi connectivity index (χ2n) is 3.29. The van der Waals surface area contributed by atoms with Crippen molar-refractivity contribution in [2.24, 2.45) is 0 Å². The molecule has 0 aromatic carbocycles. The molecule has 1 rings (SSSR count). The van der Waals surface area contributed by atoms with Crippen LogP contribution in [-0.4, -0.2) is 22.0 Å². The molecule has 1 amide bonds. The molecule has 88 valence electrons. The second-order valence-corrected chi connectivity index (χ2v) is 4.94. The largest absolute Gasteiger partial charge is 0.302 e. The molecule has 0 bridgehead atoms. The molecule has 6 heteroatoms. The Bertz CT molecular complexity index is 379. The average Bonchev–Trinajstić information content (AvgIpc) is 2.66. The van der Waals surface area contributed by atoms with E-state index >= 15 is 0 Å². The number of halogens is 1. The molecular weight excluding hydrogens is 292 g/mol. The maximum atomic E-state index is 11.4. The number of anilines is 1. The van der Waals surface area contributed by atoms with Crippen molar-refractivity contribution in [3.05, 3.63) is 11.1 Å². The van der Waals surface area contributed by atoms with Gasteiger partial charge < -0.3 is 5.32 Å². The van der Waals surface area contributed by atoms with Gasteiger partial charge in [-0.05, 0) is 12.8 Å². The van der Waals surface area contributed by atoms with Gasteiger partial charge in [-0.25, -0.2) is 4.98 Å². The molecule has 1 heterocycles. The van der Waals surface area contributed by atoms with Gasteiger partial charge in [-0.3, -0.25) is 9.59 Å². The number of aromatic nitrogens is 1. The standard InChI is InChI=1S/C10H13BrN2O2S/c1-7(14)8-6-16-10(12-8)13-9(15)4-2-3-5-11/h6H,2-5H2,1H3,(H,12,13,15). The van der Waals surface area contributed by atoms with Crippen LogP contribution in [0.25, 0.3) is 0 Å². The van der Waals surface area contributed by atoms with Crippen molar-refractivity contribution >= 4 is 44.1 Å². The Morgan fingerprint density at radius 1 is 1.50 bits per heavy atom. The van der Waals surface area contributed by atoms with Gasteiger partial charge in [0.15, 0.2) is 10.9 Å². The van der Waals surface area contributed by atoms with Crippen molar-refractivity contribution in [1.82, 2.24) is 4.98 Å². The summed E-state index contributed by atoms with van der Waals surface area (Å²) in [5.74, 6) is -0.138. The van der Waals surface area contributed by atoms with Crippen LogP contribution in [0.1, 0.15) is 36.7 Å². The second kappa shape index (κ2) is 6.75. The van der Waals surface area contributed by atoms with Crippen molar-refractivity contribution in [3.8, 4) is 0 Å². The minimum Gasteiger partial charge on any atom is -0.302 e. The highest BCUT2D eigenvalue weighted by molar-refractivity contribution is 9.09.